The fraction of sp³-hybridized carbons (Fsp3) is 0.368. The molecule has 2 N–H and O–H groups in total. The maximum absolute atomic E-state index is 13.9. The number of piperazine rings is 1. The summed E-state index contributed by atoms with van der Waals surface area (Å²) in [6, 6.07) is 8.81. The zero-order valence-corrected chi connectivity index (χ0v) is 29.7. The number of carbonyl (C=O) groups is 3. The Morgan fingerprint density at radius 2 is 1.75 bits per heavy atom. The van der Waals surface area contributed by atoms with Gasteiger partial charge in [0.05, 0.1) is 16.9 Å². The number of amides is 3. The van der Waals surface area contributed by atoms with Crippen LogP contribution >= 0.6 is 0 Å². The Hall–Kier alpha value is -5.56. The molecular formula is C38H43N9O4. The number of fused-ring (bicyclic) bond motifs is 3. The number of carbonyl (C=O) groups excluding carboxylic acids is 3. The molecule has 0 radical (unpaired) electrons. The number of likely N-dealkylation sites (N-methyl/N-ethyl adjacent to an activating group) is 1. The molecular weight excluding hydrogens is 646 g/mol. The smallest absolute Gasteiger partial charge is 0.293 e. The van der Waals surface area contributed by atoms with Crippen molar-refractivity contribution in [1.29, 1.82) is 0 Å². The molecule has 0 unspecified atom stereocenters. The van der Waals surface area contributed by atoms with E-state index in [2.05, 4.69) is 45.5 Å². The summed E-state index contributed by atoms with van der Waals surface area (Å²) >= 11 is 0. The van der Waals surface area contributed by atoms with Crippen molar-refractivity contribution in [3.63, 3.8) is 0 Å². The number of anilines is 4. The first-order valence-electron chi connectivity index (χ1n) is 17.2. The molecule has 13 nitrogen and oxygen atoms in total. The lowest BCUT2D eigenvalue weighted by atomic mass is 9.90. The Balaban J connectivity index is 1.18. The normalized spacial score (nSPS) is 16.8. The first kappa shape index (κ1) is 33.9. The molecule has 264 valence electrons. The summed E-state index contributed by atoms with van der Waals surface area (Å²) in [6.07, 6.45) is 6.37. The molecule has 0 bridgehead atoms. The van der Waals surface area contributed by atoms with E-state index in [1.807, 2.05) is 26.1 Å². The number of pyridine rings is 1. The highest BCUT2D eigenvalue weighted by Gasteiger charge is 2.37. The minimum atomic E-state index is -0.465. The van der Waals surface area contributed by atoms with Crippen LogP contribution in [0.15, 0.2) is 60.2 Å². The molecule has 51 heavy (non-hydrogen) atoms. The van der Waals surface area contributed by atoms with Crippen molar-refractivity contribution < 1.29 is 14.4 Å². The van der Waals surface area contributed by atoms with Crippen molar-refractivity contribution in [3.8, 4) is 11.3 Å². The highest BCUT2D eigenvalue weighted by Crippen LogP contribution is 2.40. The highest BCUT2D eigenvalue weighted by molar-refractivity contribution is 6.07. The summed E-state index contributed by atoms with van der Waals surface area (Å²) in [6.45, 7) is 13.8. The topological polar surface area (TPSA) is 138 Å². The Labute approximate surface area is 296 Å². The molecule has 0 saturated carbocycles. The molecule has 1 aromatic carbocycles. The summed E-state index contributed by atoms with van der Waals surface area (Å²) < 4.78 is 3.62. The van der Waals surface area contributed by atoms with Gasteiger partial charge < -0.3 is 29.6 Å². The van der Waals surface area contributed by atoms with Crippen LogP contribution in [0.1, 0.15) is 51.5 Å². The van der Waals surface area contributed by atoms with Gasteiger partial charge in [-0.05, 0) is 74.2 Å². The minimum Gasteiger partial charge on any atom is -0.339 e. The first-order chi connectivity index (χ1) is 24.3. The molecule has 3 aromatic heterocycles. The van der Waals surface area contributed by atoms with E-state index in [-0.39, 0.29) is 28.6 Å². The number of benzene rings is 1. The van der Waals surface area contributed by atoms with E-state index in [4.69, 9.17) is 4.98 Å². The van der Waals surface area contributed by atoms with Gasteiger partial charge in [-0.3, -0.25) is 24.1 Å². The molecule has 1 saturated heterocycles. The van der Waals surface area contributed by atoms with Crippen molar-refractivity contribution >= 4 is 40.7 Å². The predicted octanol–water partition coefficient (Wildman–Crippen LogP) is 3.99. The maximum Gasteiger partial charge on any atom is 0.293 e. The molecule has 3 amide bonds. The second-order valence-corrected chi connectivity index (χ2v) is 14.5. The maximum atomic E-state index is 13.9. The Kier molecular flexibility index (Phi) is 8.62. The third-order valence-electron chi connectivity index (χ3n) is 10.2. The summed E-state index contributed by atoms with van der Waals surface area (Å²) in [5, 5.41) is 5.86. The predicted molar refractivity (Wildman–Crippen MR) is 197 cm³/mol. The van der Waals surface area contributed by atoms with Gasteiger partial charge in [0.25, 0.3) is 17.4 Å². The van der Waals surface area contributed by atoms with Gasteiger partial charge in [-0.15, -0.1) is 0 Å². The van der Waals surface area contributed by atoms with Gasteiger partial charge in [0, 0.05) is 81.2 Å². The zero-order chi connectivity index (χ0) is 36.2. The van der Waals surface area contributed by atoms with Crippen molar-refractivity contribution in [2.75, 3.05) is 55.3 Å². The number of rotatable bonds is 7. The monoisotopic (exact) mass is 689 g/mol. The van der Waals surface area contributed by atoms with Crippen LogP contribution in [0.5, 0.6) is 0 Å². The summed E-state index contributed by atoms with van der Waals surface area (Å²) in [5.74, 6) is -0.128. The van der Waals surface area contributed by atoms with Gasteiger partial charge in [-0.1, -0.05) is 20.4 Å². The van der Waals surface area contributed by atoms with Crippen LogP contribution in [0.4, 0.5) is 23.0 Å². The van der Waals surface area contributed by atoms with E-state index in [9.17, 15) is 19.2 Å². The Bertz CT molecular complexity index is 2160. The van der Waals surface area contributed by atoms with Crippen LogP contribution in [0.25, 0.3) is 11.3 Å². The van der Waals surface area contributed by atoms with E-state index in [0.717, 1.165) is 43.1 Å². The van der Waals surface area contributed by atoms with Crippen molar-refractivity contribution in [2.24, 2.45) is 12.5 Å². The van der Waals surface area contributed by atoms with Crippen molar-refractivity contribution in [3.05, 3.63) is 93.8 Å². The molecule has 0 atom stereocenters. The summed E-state index contributed by atoms with van der Waals surface area (Å²) in [7, 11) is 3.66. The van der Waals surface area contributed by atoms with E-state index in [1.165, 1.54) is 15.8 Å². The average molecular weight is 690 g/mol. The number of nitrogens with one attached hydrogen (secondary N) is 2. The molecule has 1 fully saturated rings. The zero-order valence-electron chi connectivity index (χ0n) is 29.7. The summed E-state index contributed by atoms with van der Waals surface area (Å²) in [4.78, 5) is 68.1. The average Bonchev–Trinajstić information content (AvgIpc) is 3.59. The standard InChI is InChI=1S/C38H43N9O4/c1-7-32(48)41-28-19-25(8-9-27(28)35(49)45-14-12-43(5)13-15-45)40-33-37(51)44(6)22-29(42-33)26-10-11-39-34(23(26)2)47-17-16-46-30(36(47)50)18-24-20-38(3,4)21-31(24)46/h7-11,18-19,22H,1,12-17,20-21H2,2-6H3,(H,40,42)(H,41,48). The number of aryl methyl sites for hydroxylation is 1. The second-order valence-electron chi connectivity index (χ2n) is 14.5. The van der Waals surface area contributed by atoms with Crippen molar-refractivity contribution in [2.45, 2.75) is 40.2 Å². The third-order valence-corrected chi connectivity index (χ3v) is 10.2. The lowest BCUT2D eigenvalue weighted by Crippen LogP contribution is -2.47. The SMILES string of the molecule is C=CC(=O)Nc1cc(Nc2nc(-c3ccnc(N4CCn5c(cc6c5CC(C)(C)C6)C4=O)c3C)cn(C)c2=O)ccc1C(=O)N1CCN(C)CC1. The minimum absolute atomic E-state index is 0.0521. The third kappa shape index (κ3) is 6.33. The fourth-order valence-electron chi connectivity index (χ4n) is 7.42. The van der Waals surface area contributed by atoms with E-state index in [0.29, 0.717) is 60.3 Å². The van der Waals surface area contributed by atoms with Gasteiger partial charge >= 0.3 is 0 Å². The van der Waals surface area contributed by atoms with Crippen LogP contribution in [0.2, 0.25) is 0 Å². The number of hydrogen-bond donors (Lipinski definition) is 2. The van der Waals surface area contributed by atoms with Gasteiger partial charge in [0.2, 0.25) is 5.91 Å². The van der Waals surface area contributed by atoms with Gasteiger partial charge in [-0.25, -0.2) is 9.97 Å². The Morgan fingerprint density at radius 1 is 0.980 bits per heavy atom. The van der Waals surface area contributed by atoms with E-state index >= 15 is 0 Å². The number of aromatic nitrogens is 4. The molecule has 1 aliphatic carbocycles. The lowest BCUT2D eigenvalue weighted by molar-refractivity contribution is -0.111. The molecule has 13 heteroatoms. The molecule has 0 spiro atoms. The quantitative estimate of drug-likeness (QED) is 0.278. The van der Waals surface area contributed by atoms with Gasteiger partial charge in [0.15, 0.2) is 5.82 Å². The lowest BCUT2D eigenvalue weighted by Gasteiger charge is -2.32. The molecule has 7 rings (SSSR count). The Morgan fingerprint density at radius 3 is 2.49 bits per heavy atom. The number of hydrogen-bond acceptors (Lipinski definition) is 8. The molecule has 5 heterocycles. The van der Waals surface area contributed by atoms with E-state index < -0.39 is 5.91 Å². The van der Waals surface area contributed by atoms with Crippen LogP contribution in [-0.2, 0) is 31.2 Å². The summed E-state index contributed by atoms with van der Waals surface area (Å²) in [5.41, 5.74) is 6.13. The van der Waals surface area contributed by atoms with Crippen LogP contribution in [-0.4, -0.2) is 86.4 Å². The van der Waals surface area contributed by atoms with Crippen LogP contribution in [0.3, 0.4) is 0 Å². The van der Waals surface area contributed by atoms with Gasteiger partial charge in [0.1, 0.15) is 11.5 Å². The van der Waals surface area contributed by atoms with Crippen LogP contribution < -0.4 is 21.1 Å². The van der Waals surface area contributed by atoms with Crippen molar-refractivity contribution in [1.82, 2.24) is 28.9 Å². The fourth-order valence-corrected chi connectivity index (χ4v) is 7.42. The van der Waals surface area contributed by atoms with Crippen LogP contribution in [0, 0.1) is 12.3 Å². The first-order valence-corrected chi connectivity index (χ1v) is 17.2. The second kappa shape index (κ2) is 13.0. The largest absolute Gasteiger partial charge is 0.339 e. The number of nitrogens with zero attached hydrogens (tertiary/aromatic N) is 7. The molecule has 4 aromatic rings. The molecule has 3 aliphatic rings. The molecule has 2 aliphatic heterocycles. The highest BCUT2D eigenvalue weighted by atomic mass is 16.2. The van der Waals surface area contributed by atoms with E-state index in [1.54, 1.807) is 47.4 Å². The van der Waals surface area contributed by atoms with Gasteiger partial charge in [-0.2, -0.15) is 0 Å².